The summed E-state index contributed by atoms with van der Waals surface area (Å²) in [6, 6.07) is 8.75. The number of phosphoric acid groups is 1. The molecule has 0 unspecified atom stereocenters. The van der Waals surface area contributed by atoms with Crippen LogP contribution in [0.5, 0.6) is 5.75 Å². The average molecular weight is 624 g/mol. The van der Waals surface area contributed by atoms with Crippen molar-refractivity contribution in [1.29, 1.82) is 0 Å². The molecule has 3 heterocycles. The first kappa shape index (κ1) is 28.3. The fourth-order valence-electron chi connectivity index (χ4n) is 3.71. The average Bonchev–Trinajstić information content (AvgIpc) is 3.50. The number of fused-ring (bicyclic) bond motifs is 1. The number of rotatable bonds is 12. The quantitative estimate of drug-likeness (QED) is 0.100. The van der Waals surface area contributed by atoms with Gasteiger partial charge in [0.25, 0.3) is 5.91 Å². The molecule has 0 spiro atoms. The van der Waals surface area contributed by atoms with E-state index in [4.69, 9.17) is 19.5 Å². The molecule has 0 saturated heterocycles. The van der Waals surface area contributed by atoms with Crippen molar-refractivity contribution in [2.24, 2.45) is 5.92 Å². The lowest BCUT2D eigenvalue weighted by Crippen LogP contribution is -2.12. The molecule has 202 valence electrons. The van der Waals surface area contributed by atoms with Gasteiger partial charge in [-0.3, -0.25) is 4.79 Å². The van der Waals surface area contributed by atoms with Crippen LogP contribution in [0.15, 0.2) is 46.4 Å². The molecule has 0 saturated carbocycles. The van der Waals surface area contributed by atoms with Gasteiger partial charge in [0.2, 0.25) is 0 Å². The number of nitrogens with one attached hydrogen (secondary N) is 1. The van der Waals surface area contributed by atoms with Gasteiger partial charge < -0.3 is 19.8 Å². The molecule has 0 bridgehead atoms. The SMILES string of the molecule is CC(C)CCCCn1nc(NC(=O)c2cnsc2)c2cc(Br)c(-c3ccc(OCOP(=O)(O)O)cc3)nc21. The van der Waals surface area contributed by atoms with E-state index in [-0.39, 0.29) is 5.91 Å². The van der Waals surface area contributed by atoms with Crippen molar-refractivity contribution in [1.82, 2.24) is 19.1 Å². The van der Waals surface area contributed by atoms with E-state index >= 15 is 0 Å². The van der Waals surface area contributed by atoms with Crippen molar-refractivity contribution in [3.8, 4) is 17.0 Å². The third-order valence-electron chi connectivity index (χ3n) is 5.58. The van der Waals surface area contributed by atoms with Crippen LogP contribution in [0.2, 0.25) is 0 Å². The predicted molar refractivity (Wildman–Crippen MR) is 148 cm³/mol. The second-order valence-corrected chi connectivity index (χ2v) is 11.7. The monoisotopic (exact) mass is 623 g/mol. The first-order valence-corrected chi connectivity index (χ1v) is 15.0. The van der Waals surface area contributed by atoms with Gasteiger partial charge in [-0.2, -0.15) is 5.10 Å². The Morgan fingerprint density at radius 1 is 1.24 bits per heavy atom. The number of benzene rings is 1. The number of phosphoric ester groups is 1. The topological polar surface area (TPSA) is 149 Å². The summed E-state index contributed by atoms with van der Waals surface area (Å²) in [4.78, 5) is 35.2. The summed E-state index contributed by atoms with van der Waals surface area (Å²) in [7, 11) is -4.61. The maximum Gasteiger partial charge on any atom is 0.472 e. The molecular formula is C24H27BrN5O6PS. The second kappa shape index (κ2) is 12.5. The second-order valence-electron chi connectivity index (χ2n) is 8.92. The minimum Gasteiger partial charge on any atom is -0.467 e. The zero-order valence-corrected chi connectivity index (χ0v) is 24.0. The summed E-state index contributed by atoms with van der Waals surface area (Å²) in [5.41, 5.74) is 2.55. The van der Waals surface area contributed by atoms with Crippen LogP contribution < -0.4 is 10.1 Å². The molecule has 38 heavy (non-hydrogen) atoms. The van der Waals surface area contributed by atoms with Crippen LogP contribution in [0.25, 0.3) is 22.3 Å². The van der Waals surface area contributed by atoms with Gasteiger partial charge in [-0.15, -0.1) is 0 Å². The molecule has 1 amide bonds. The Kier molecular flexibility index (Phi) is 9.29. The molecular weight excluding hydrogens is 597 g/mol. The van der Waals surface area contributed by atoms with Gasteiger partial charge >= 0.3 is 7.82 Å². The highest BCUT2D eigenvalue weighted by atomic mass is 79.9. The number of nitrogens with zero attached hydrogens (tertiary/aromatic N) is 4. The fraction of sp³-hybridized carbons (Fsp3) is 0.333. The Morgan fingerprint density at radius 2 is 2.00 bits per heavy atom. The van der Waals surface area contributed by atoms with Crippen LogP contribution >= 0.6 is 35.3 Å². The van der Waals surface area contributed by atoms with Gasteiger partial charge in [-0.1, -0.05) is 26.7 Å². The van der Waals surface area contributed by atoms with Gasteiger partial charge in [-0.25, -0.2) is 23.1 Å². The standard InChI is InChI=1S/C24H27BrN5O6PS/c1-15(2)5-3-4-10-30-23-19(22(29-30)28-24(31)17-12-26-38-13-17)11-20(25)21(27-23)16-6-8-18(9-7-16)35-14-36-37(32,33)34/h6-9,11-13,15H,3-5,10,14H2,1-2H3,(H,28,29,31)(H2,32,33,34). The van der Waals surface area contributed by atoms with E-state index in [1.54, 1.807) is 29.6 Å². The number of hydrogen-bond donors (Lipinski definition) is 3. The van der Waals surface area contributed by atoms with Crippen LogP contribution in [0.4, 0.5) is 5.82 Å². The van der Waals surface area contributed by atoms with Gasteiger partial charge in [0.05, 0.1) is 22.8 Å². The Labute approximate surface area is 231 Å². The zero-order valence-electron chi connectivity index (χ0n) is 20.7. The Bertz CT molecular complexity index is 1440. The number of unbranched alkanes of at least 4 members (excludes halogenated alkanes) is 1. The fourth-order valence-corrected chi connectivity index (χ4v) is 4.96. The summed E-state index contributed by atoms with van der Waals surface area (Å²) >= 11 is 4.81. The molecule has 11 nitrogen and oxygen atoms in total. The maximum atomic E-state index is 12.7. The number of halogens is 1. The summed E-state index contributed by atoms with van der Waals surface area (Å²) in [5.74, 6) is 1.13. The van der Waals surface area contributed by atoms with Crippen LogP contribution in [0, 0.1) is 5.92 Å². The van der Waals surface area contributed by atoms with E-state index in [2.05, 4.69) is 49.1 Å². The third-order valence-corrected chi connectivity index (χ3v) is 7.21. The molecule has 0 aliphatic heterocycles. The Hall–Kier alpha value is -2.67. The first-order chi connectivity index (χ1) is 18.1. The maximum absolute atomic E-state index is 12.7. The highest BCUT2D eigenvalue weighted by Gasteiger charge is 2.19. The highest BCUT2D eigenvalue weighted by Crippen LogP contribution is 2.36. The van der Waals surface area contributed by atoms with E-state index < -0.39 is 14.6 Å². The van der Waals surface area contributed by atoms with E-state index in [0.29, 0.717) is 50.8 Å². The van der Waals surface area contributed by atoms with Gasteiger partial charge in [-0.05, 0) is 70.1 Å². The van der Waals surface area contributed by atoms with Crippen molar-refractivity contribution < 1.29 is 28.4 Å². The first-order valence-electron chi connectivity index (χ1n) is 11.8. The lowest BCUT2D eigenvalue weighted by Gasteiger charge is -2.10. The van der Waals surface area contributed by atoms with Crippen LogP contribution in [-0.4, -0.2) is 41.6 Å². The van der Waals surface area contributed by atoms with Crippen molar-refractivity contribution in [3.63, 3.8) is 0 Å². The highest BCUT2D eigenvalue weighted by molar-refractivity contribution is 9.10. The van der Waals surface area contributed by atoms with E-state index in [0.717, 1.165) is 24.8 Å². The summed E-state index contributed by atoms with van der Waals surface area (Å²) in [6.07, 6.45) is 4.61. The number of aryl methyl sites for hydroxylation is 1. The predicted octanol–water partition coefficient (Wildman–Crippen LogP) is 5.84. The molecule has 14 heteroatoms. The number of amides is 1. The minimum atomic E-state index is -4.61. The summed E-state index contributed by atoms with van der Waals surface area (Å²) in [5, 5.41) is 9.96. The molecule has 4 aromatic rings. The van der Waals surface area contributed by atoms with E-state index in [1.165, 1.54) is 17.7 Å². The molecule has 1 aromatic carbocycles. The number of ether oxygens (including phenoxy) is 1. The molecule has 0 fully saturated rings. The van der Waals surface area contributed by atoms with Crippen molar-refractivity contribution in [2.45, 2.75) is 39.7 Å². The van der Waals surface area contributed by atoms with E-state index in [9.17, 15) is 9.36 Å². The van der Waals surface area contributed by atoms with Gasteiger partial charge in [0, 0.05) is 22.0 Å². The van der Waals surface area contributed by atoms with Crippen molar-refractivity contribution in [2.75, 3.05) is 12.1 Å². The third kappa shape index (κ3) is 7.46. The van der Waals surface area contributed by atoms with Crippen LogP contribution in [0.1, 0.15) is 43.5 Å². The largest absolute Gasteiger partial charge is 0.472 e. The molecule has 0 atom stereocenters. The Morgan fingerprint density at radius 3 is 2.66 bits per heavy atom. The molecule has 4 rings (SSSR count). The molecule has 0 radical (unpaired) electrons. The molecule has 3 N–H and O–H groups in total. The smallest absolute Gasteiger partial charge is 0.467 e. The molecule has 0 aliphatic rings. The summed E-state index contributed by atoms with van der Waals surface area (Å²) in [6.45, 7) is 4.47. The number of anilines is 1. The van der Waals surface area contributed by atoms with Crippen molar-refractivity contribution in [3.05, 3.63) is 51.9 Å². The summed E-state index contributed by atoms with van der Waals surface area (Å²) < 4.78 is 26.9. The number of hydrogen-bond acceptors (Lipinski definition) is 8. The minimum absolute atomic E-state index is 0.288. The number of carbonyl (C=O) groups is 1. The van der Waals surface area contributed by atoms with Crippen LogP contribution in [-0.2, 0) is 15.6 Å². The lowest BCUT2D eigenvalue weighted by atomic mass is 10.1. The molecule has 3 aromatic heterocycles. The normalized spacial score (nSPS) is 11.8. The number of pyridine rings is 1. The van der Waals surface area contributed by atoms with E-state index in [1.807, 2.05) is 10.7 Å². The zero-order chi connectivity index (χ0) is 27.3. The number of aromatic nitrogens is 4. The van der Waals surface area contributed by atoms with Gasteiger partial charge in [0.1, 0.15) is 5.75 Å². The van der Waals surface area contributed by atoms with Gasteiger partial charge in [0.15, 0.2) is 18.3 Å². The molecule has 0 aliphatic carbocycles. The lowest BCUT2D eigenvalue weighted by molar-refractivity contribution is 0.0829. The number of carbonyl (C=O) groups excluding carboxylic acids is 1. The van der Waals surface area contributed by atoms with Crippen molar-refractivity contribution >= 4 is 58.0 Å². The van der Waals surface area contributed by atoms with Crippen LogP contribution in [0.3, 0.4) is 0 Å². The Balaban J connectivity index is 1.62.